The largest absolute Gasteiger partial charge is 0.489 e. The van der Waals surface area contributed by atoms with E-state index in [0.29, 0.717) is 27.8 Å². The molecule has 0 saturated carbocycles. The van der Waals surface area contributed by atoms with Crippen molar-refractivity contribution in [2.45, 2.75) is 19.7 Å². The summed E-state index contributed by atoms with van der Waals surface area (Å²) in [6.07, 6.45) is -3.08. The van der Waals surface area contributed by atoms with E-state index >= 15 is 0 Å². The molecule has 5 nitrogen and oxygen atoms in total. The average molecular weight is 438 g/mol. The van der Waals surface area contributed by atoms with Crippen LogP contribution in [0.5, 0.6) is 5.75 Å². The Balaban J connectivity index is 1.70. The topological polar surface area (TPSA) is 65.3 Å². The highest BCUT2D eigenvalue weighted by Gasteiger charge is 2.33. The third-order valence-corrected chi connectivity index (χ3v) is 5.04. The minimum absolute atomic E-state index is 0.0285. The second-order valence-electron chi connectivity index (χ2n) is 7.26. The van der Waals surface area contributed by atoms with Crippen LogP contribution in [0.4, 0.5) is 18.9 Å². The Morgan fingerprint density at radius 2 is 1.78 bits per heavy atom. The summed E-state index contributed by atoms with van der Waals surface area (Å²) in [5.41, 5.74) is 1.77. The number of nitro benzene ring substituents is 1. The Hall–Kier alpha value is -3.94. The van der Waals surface area contributed by atoms with Crippen LogP contribution in [0.25, 0.3) is 22.0 Å². The zero-order valence-corrected chi connectivity index (χ0v) is 16.9. The summed E-state index contributed by atoms with van der Waals surface area (Å²) in [5, 5.41) is 11.3. The molecule has 0 spiro atoms. The molecule has 0 atom stereocenters. The summed E-state index contributed by atoms with van der Waals surface area (Å²) in [4.78, 5) is 14.5. The zero-order chi connectivity index (χ0) is 22.9. The van der Waals surface area contributed by atoms with Crippen molar-refractivity contribution >= 4 is 16.6 Å². The van der Waals surface area contributed by atoms with Crippen LogP contribution in [0.1, 0.15) is 16.7 Å². The lowest BCUT2D eigenvalue weighted by molar-refractivity contribution is -0.384. The fourth-order valence-electron chi connectivity index (χ4n) is 3.60. The maximum absolute atomic E-state index is 13.5. The number of para-hydroxylation sites is 1. The maximum atomic E-state index is 13.5. The molecule has 0 fully saturated rings. The number of non-ortho nitro benzene ring substituents is 1. The third kappa shape index (κ3) is 4.25. The monoisotopic (exact) mass is 438 g/mol. The van der Waals surface area contributed by atoms with Crippen molar-refractivity contribution in [1.29, 1.82) is 0 Å². The summed E-state index contributed by atoms with van der Waals surface area (Å²) in [6, 6.07) is 17.1. The van der Waals surface area contributed by atoms with Crippen molar-refractivity contribution in [1.82, 2.24) is 4.98 Å². The first-order valence-corrected chi connectivity index (χ1v) is 9.66. The number of rotatable bonds is 5. The molecule has 0 amide bonds. The maximum Gasteiger partial charge on any atom is 0.418 e. The summed E-state index contributed by atoms with van der Waals surface area (Å²) in [6.45, 7) is 1.90. The van der Waals surface area contributed by atoms with Gasteiger partial charge in [-0.2, -0.15) is 13.2 Å². The summed E-state index contributed by atoms with van der Waals surface area (Å²) >= 11 is 0. The van der Waals surface area contributed by atoms with E-state index in [9.17, 15) is 23.3 Å². The van der Waals surface area contributed by atoms with Gasteiger partial charge < -0.3 is 4.74 Å². The first-order valence-electron chi connectivity index (χ1n) is 9.66. The van der Waals surface area contributed by atoms with E-state index in [1.165, 1.54) is 24.4 Å². The van der Waals surface area contributed by atoms with Crippen molar-refractivity contribution in [2.24, 2.45) is 0 Å². The fourth-order valence-corrected chi connectivity index (χ4v) is 3.60. The molecule has 8 heteroatoms. The Kier molecular flexibility index (Phi) is 5.52. The SMILES string of the molecule is Cc1cnc2c(C(F)(F)F)cccc2c1-c1cccc(OCc2cccc([N+](=O)[O-])c2)c1. The molecule has 162 valence electrons. The Labute approximate surface area is 181 Å². The summed E-state index contributed by atoms with van der Waals surface area (Å²) < 4.78 is 46.2. The van der Waals surface area contributed by atoms with Crippen molar-refractivity contribution in [3.8, 4) is 16.9 Å². The van der Waals surface area contributed by atoms with Crippen molar-refractivity contribution < 1.29 is 22.8 Å². The van der Waals surface area contributed by atoms with Gasteiger partial charge in [-0.05, 0) is 47.4 Å². The summed E-state index contributed by atoms with van der Waals surface area (Å²) in [5.74, 6) is 0.491. The highest BCUT2D eigenvalue weighted by Crippen LogP contribution is 2.38. The molecule has 4 rings (SSSR count). The van der Waals surface area contributed by atoms with Gasteiger partial charge in [0.2, 0.25) is 0 Å². The van der Waals surface area contributed by atoms with Gasteiger partial charge in [0, 0.05) is 23.7 Å². The first kappa shape index (κ1) is 21.3. The fraction of sp³-hybridized carbons (Fsp3) is 0.125. The van der Waals surface area contributed by atoms with E-state index in [2.05, 4.69) is 4.98 Å². The molecule has 0 aliphatic heterocycles. The Morgan fingerprint density at radius 3 is 2.53 bits per heavy atom. The quantitative estimate of drug-likeness (QED) is 0.256. The predicted octanol–water partition coefficient (Wildman–Crippen LogP) is 6.72. The van der Waals surface area contributed by atoms with Crippen LogP contribution in [-0.2, 0) is 12.8 Å². The van der Waals surface area contributed by atoms with Crippen LogP contribution in [0.2, 0.25) is 0 Å². The number of ether oxygens (including phenoxy) is 1. The second-order valence-corrected chi connectivity index (χ2v) is 7.26. The molecule has 0 radical (unpaired) electrons. The molecule has 0 aliphatic rings. The number of pyridine rings is 1. The minimum atomic E-state index is -4.51. The number of hydrogen-bond acceptors (Lipinski definition) is 4. The van der Waals surface area contributed by atoms with Gasteiger partial charge in [-0.3, -0.25) is 15.1 Å². The van der Waals surface area contributed by atoms with Crippen LogP contribution in [0.3, 0.4) is 0 Å². The molecule has 0 bridgehead atoms. The molecule has 1 aromatic heterocycles. The number of alkyl halides is 3. The first-order chi connectivity index (χ1) is 15.2. The Bertz CT molecular complexity index is 1320. The lowest BCUT2D eigenvalue weighted by Gasteiger charge is -2.15. The molecule has 0 aliphatic carbocycles. The molecule has 1 heterocycles. The van der Waals surface area contributed by atoms with Crippen LogP contribution >= 0.6 is 0 Å². The number of nitro groups is 1. The lowest BCUT2D eigenvalue weighted by Crippen LogP contribution is -2.07. The molecular weight excluding hydrogens is 421 g/mol. The molecule has 32 heavy (non-hydrogen) atoms. The van der Waals surface area contributed by atoms with Gasteiger partial charge in [0.05, 0.1) is 16.0 Å². The number of nitrogens with zero attached hydrogens (tertiary/aromatic N) is 2. The highest BCUT2D eigenvalue weighted by molar-refractivity contribution is 5.97. The Morgan fingerprint density at radius 1 is 1.03 bits per heavy atom. The second kappa shape index (κ2) is 8.30. The van der Waals surface area contributed by atoms with E-state index in [1.54, 1.807) is 49.4 Å². The van der Waals surface area contributed by atoms with Crippen molar-refractivity contribution in [2.75, 3.05) is 0 Å². The molecule has 0 N–H and O–H groups in total. The molecule has 0 saturated heterocycles. The summed E-state index contributed by atoms with van der Waals surface area (Å²) in [7, 11) is 0. The number of hydrogen-bond donors (Lipinski definition) is 0. The van der Waals surface area contributed by atoms with Gasteiger partial charge in [0.1, 0.15) is 12.4 Å². The number of fused-ring (bicyclic) bond motifs is 1. The van der Waals surface area contributed by atoms with E-state index in [-0.39, 0.29) is 17.8 Å². The van der Waals surface area contributed by atoms with E-state index in [4.69, 9.17) is 4.74 Å². The van der Waals surface area contributed by atoms with E-state index in [1.807, 2.05) is 0 Å². The van der Waals surface area contributed by atoms with Crippen LogP contribution < -0.4 is 4.74 Å². The normalized spacial score (nSPS) is 11.5. The van der Waals surface area contributed by atoms with Gasteiger partial charge in [-0.15, -0.1) is 0 Å². The van der Waals surface area contributed by atoms with E-state index in [0.717, 1.165) is 11.6 Å². The van der Waals surface area contributed by atoms with Gasteiger partial charge in [0.25, 0.3) is 5.69 Å². The van der Waals surface area contributed by atoms with Gasteiger partial charge in [0.15, 0.2) is 0 Å². The number of benzene rings is 3. The van der Waals surface area contributed by atoms with E-state index < -0.39 is 16.7 Å². The van der Waals surface area contributed by atoms with Crippen LogP contribution in [0, 0.1) is 17.0 Å². The standard InChI is InChI=1S/C24H17F3N2O3/c1-15-13-28-23-20(9-4-10-21(23)24(25,26)27)22(15)17-6-3-8-19(12-17)32-14-16-5-2-7-18(11-16)29(30)31/h2-13H,14H2,1H3. The lowest BCUT2D eigenvalue weighted by atomic mass is 9.95. The molecule has 3 aromatic carbocycles. The minimum Gasteiger partial charge on any atom is -0.489 e. The molecule has 4 aromatic rings. The van der Waals surface area contributed by atoms with Gasteiger partial charge >= 0.3 is 6.18 Å². The van der Waals surface area contributed by atoms with Gasteiger partial charge in [-0.25, -0.2) is 0 Å². The highest BCUT2D eigenvalue weighted by atomic mass is 19.4. The smallest absolute Gasteiger partial charge is 0.418 e. The molecular formula is C24H17F3N2O3. The molecule has 0 unspecified atom stereocenters. The van der Waals surface area contributed by atoms with Gasteiger partial charge in [-0.1, -0.05) is 36.4 Å². The predicted molar refractivity (Wildman–Crippen MR) is 114 cm³/mol. The third-order valence-electron chi connectivity index (χ3n) is 5.04. The zero-order valence-electron chi connectivity index (χ0n) is 16.9. The number of aromatic nitrogens is 1. The number of aryl methyl sites for hydroxylation is 1. The van der Waals surface area contributed by atoms with Crippen LogP contribution in [-0.4, -0.2) is 9.91 Å². The van der Waals surface area contributed by atoms with Crippen molar-refractivity contribution in [3.63, 3.8) is 0 Å². The van der Waals surface area contributed by atoms with Crippen LogP contribution in [0.15, 0.2) is 72.9 Å². The van der Waals surface area contributed by atoms with Crippen molar-refractivity contribution in [3.05, 3.63) is 99.7 Å². The average Bonchev–Trinajstić information content (AvgIpc) is 2.77. The number of halogens is 3.